The summed E-state index contributed by atoms with van der Waals surface area (Å²) in [5, 5.41) is 21.7. The lowest BCUT2D eigenvalue weighted by atomic mass is 10.00. The zero-order chi connectivity index (χ0) is 22.9. The molecular weight excluding hydrogens is 440 g/mol. The molecule has 5 rings (SSSR count). The molecule has 9 nitrogen and oxygen atoms in total. The van der Waals surface area contributed by atoms with E-state index >= 15 is 0 Å². The van der Waals surface area contributed by atoms with Crippen LogP contribution in [-0.4, -0.2) is 47.7 Å². The molecule has 4 heterocycles. The van der Waals surface area contributed by atoms with Gasteiger partial charge in [0.1, 0.15) is 18.3 Å². The lowest BCUT2D eigenvalue weighted by molar-refractivity contribution is -0.133. The number of amides is 1. The van der Waals surface area contributed by atoms with E-state index in [1.165, 1.54) is 26.8 Å². The molecule has 0 saturated carbocycles. The number of rotatable bonds is 6. The summed E-state index contributed by atoms with van der Waals surface area (Å²) in [6, 6.07) is 11.8. The molecule has 4 aromatic rings. The minimum Gasteiger partial charge on any atom is -0.394 e. The van der Waals surface area contributed by atoms with Crippen molar-refractivity contribution in [3.05, 3.63) is 80.7 Å². The van der Waals surface area contributed by atoms with E-state index in [-0.39, 0.29) is 37.2 Å². The van der Waals surface area contributed by atoms with E-state index < -0.39 is 0 Å². The first-order valence-electron chi connectivity index (χ1n) is 10.6. The smallest absolute Gasteiger partial charge is 0.264 e. The third-order valence-electron chi connectivity index (χ3n) is 5.67. The van der Waals surface area contributed by atoms with Crippen LogP contribution in [0.1, 0.15) is 28.5 Å². The Morgan fingerprint density at radius 2 is 2.06 bits per heavy atom. The van der Waals surface area contributed by atoms with E-state index in [0.29, 0.717) is 17.5 Å². The third kappa shape index (κ3) is 3.98. The Kier molecular flexibility index (Phi) is 5.61. The molecule has 1 N–H and O–H groups in total. The molecule has 168 valence electrons. The third-order valence-corrected chi connectivity index (χ3v) is 6.59. The van der Waals surface area contributed by atoms with Gasteiger partial charge in [-0.15, -0.1) is 11.3 Å². The number of aliphatic hydroxyl groups is 1. The van der Waals surface area contributed by atoms with E-state index in [1.54, 1.807) is 11.3 Å². The van der Waals surface area contributed by atoms with Crippen molar-refractivity contribution in [2.24, 2.45) is 5.10 Å². The lowest BCUT2D eigenvalue weighted by Crippen LogP contribution is -2.34. The first-order chi connectivity index (χ1) is 16.0. The molecule has 1 atom stereocenters. The lowest BCUT2D eigenvalue weighted by Gasteiger charge is -2.22. The summed E-state index contributed by atoms with van der Waals surface area (Å²) in [5.74, 6) is -0.293. The summed E-state index contributed by atoms with van der Waals surface area (Å²) in [4.78, 5) is 31.6. The van der Waals surface area contributed by atoms with Crippen LogP contribution in [0.5, 0.6) is 0 Å². The second-order valence-corrected chi connectivity index (χ2v) is 8.85. The number of aromatic nitrogens is 4. The summed E-state index contributed by atoms with van der Waals surface area (Å²) in [7, 11) is 0. The largest absolute Gasteiger partial charge is 0.394 e. The maximum atomic E-state index is 13.4. The second kappa shape index (κ2) is 8.72. The van der Waals surface area contributed by atoms with Crippen LogP contribution in [0.4, 0.5) is 0 Å². The molecule has 0 spiro atoms. The van der Waals surface area contributed by atoms with Gasteiger partial charge < -0.3 is 5.11 Å². The van der Waals surface area contributed by atoms with Crippen LogP contribution >= 0.6 is 11.3 Å². The van der Waals surface area contributed by atoms with Gasteiger partial charge in [-0.25, -0.2) is 14.7 Å². The standard InChI is InChI=1S/C23H22N6O3S/c1-15-4-6-16(7-5-15)19-11-18(20-3-2-10-33-20)26-29(19)21(31)13-27-14-24-22-17(23(27)32)12-25-28(22)8-9-30/h2-7,10,12,14,19,30H,8-9,11,13H2,1H3/t19-/m0/s1. The Morgan fingerprint density at radius 3 is 2.79 bits per heavy atom. The maximum Gasteiger partial charge on any atom is 0.264 e. The molecule has 1 aliphatic heterocycles. The van der Waals surface area contributed by atoms with Crippen molar-refractivity contribution < 1.29 is 9.90 Å². The van der Waals surface area contributed by atoms with Gasteiger partial charge in [0.25, 0.3) is 11.5 Å². The van der Waals surface area contributed by atoms with Crippen molar-refractivity contribution in [3.63, 3.8) is 0 Å². The number of aliphatic hydroxyl groups excluding tert-OH is 1. The summed E-state index contributed by atoms with van der Waals surface area (Å²) >= 11 is 1.59. The van der Waals surface area contributed by atoms with Crippen molar-refractivity contribution in [1.82, 2.24) is 24.3 Å². The number of carbonyl (C=O) groups excluding carboxylic acids is 1. The zero-order valence-corrected chi connectivity index (χ0v) is 18.8. The summed E-state index contributed by atoms with van der Waals surface area (Å²) in [5.41, 5.74) is 3.02. The fourth-order valence-corrected chi connectivity index (χ4v) is 4.69. The summed E-state index contributed by atoms with van der Waals surface area (Å²) in [6.45, 7) is 1.97. The number of hydrogen-bond donors (Lipinski definition) is 1. The quantitative estimate of drug-likeness (QED) is 0.473. The van der Waals surface area contributed by atoms with E-state index in [1.807, 2.05) is 48.7 Å². The monoisotopic (exact) mass is 462 g/mol. The molecule has 0 aliphatic carbocycles. The van der Waals surface area contributed by atoms with E-state index in [4.69, 9.17) is 5.11 Å². The molecule has 1 amide bonds. The molecule has 0 radical (unpaired) electrons. The van der Waals surface area contributed by atoms with Crippen LogP contribution < -0.4 is 5.56 Å². The van der Waals surface area contributed by atoms with Gasteiger partial charge in [-0.2, -0.15) is 10.2 Å². The minimum absolute atomic E-state index is 0.111. The van der Waals surface area contributed by atoms with Crippen LogP contribution in [0.3, 0.4) is 0 Å². The highest BCUT2D eigenvalue weighted by Crippen LogP contribution is 2.34. The highest BCUT2D eigenvalue weighted by molar-refractivity contribution is 7.12. The van der Waals surface area contributed by atoms with Gasteiger partial charge in [-0.05, 0) is 23.9 Å². The van der Waals surface area contributed by atoms with Crippen molar-refractivity contribution in [1.29, 1.82) is 0 Å². The average molecular weight is 463 g/mol. The Morgan fingerprint density at radius 1 is 1.24 bits per heavy atom. The number of carbonyl (C=O) groups is 1. The van der Waals surface area contributed by atoms with Gasteiger partial charge in [0.2, 0.25) is 0 Å². The Bertz CT molecular complexity index is 1390. The molecule has 3 aromatic heterocycles. The number of aryl methyl sites for hydroxylation is 1. The fraction of sp³-hybridized carbons (Fsp3) is 0.261. The van der Waals surface area contributed by atoms with Crippen LogP contribution in [0.25, 0.3) is 11.0 Å². The second-order valence-electron chi connectivity index (χ2n) is 7.90. The molecular formula is C23H22N6O3S. The summed E-state index contributed by atoms with van der Waals surface area (Å²) < 4.78 is 2.74. The van der Waals surface area contributed by atoms with Crippen LogP contribution in [0.15, 0.2) is 64.2 Å². The highest BCUT2D eigenvalue weighted by atomic mass is 32.1. The number of thiophene rings is 1. The first-order valence-corrected chi connectivity index (χ1v) is 11.4. The highest BCUT2D eigenvalue weighted by Gasteiger charge is 2.33. The number of fused-ring (bicyclic) bond motifs is 1. The Labute approximate surface area is 193 Å². The van der Waals surface area contributed by atoms with Crippen molar-refractivity contribution >= 4 is 34.0 Å². The zero-order valence-electron chi connectivity index (χ0n) is 18.0. The summed E-state index contributed by atoms with van der Waals surface area (Å²) in [6.07, 6.45) is 3.37. The molecule has 0 fully saturated rings. The van der Waals surface area contributed by atoms with Gasteiger partial charge in [-0.3, -0.25) is 14.2 Å². The van der Waals surface area contributed by atoms with Crippen molar-refractivity contribution in [2.45, 2.75) is 32.5 Å². The van der Waals surface area contributed by atoms with Gasteiger partial charge in [-0.1, -0.05) is 35.9 Å². The number of benzene rings is 1. The van der Waals surface area contributed by atoms with Crippen LogP contribution in [-0.2, 0) is 17.9 Å². The molecule has 1 aliphatic rings. The topological polar surface area (TPSA) is 106 Å². The fourth-order valence-electron chi connectivity index (χ4n) is 3.97. The molecule has 0 saturated heterocycles. The minimum atomic E-state index is -0.355. The predicted octanol–water partition coefficient (Wildman–Crippen LogP) is 2.33. The van der Waals surface area contributed by atoms with Crippen LogP contribution in [0.2, 0.25) is 0 Å². The van der Waals surface area contributed by atoms with Crippen LogP contribution in [0, 0.1) is 6.92 Å². The predicted molar refractivity (Wildman–Crippen MR) is 125 cm³/mol. The number of hydrazone groups is 1. The number of nitrogens with zero attached hydrogens (tertiary/aromatic N) is 6. The first kappa shape index (κ1) is 21.2. The normalized spacial score (nSPS) is 15.9. The molecule has 0 unspecified atom stereocenters. The van der Waals surface area contributed by atoms with Gasteiger partial charge in [0, 0.05) is 6.42 Å². The Hall–Kier alpha value is -3.63. The van der Waals surface area contributed by atoms with Gasteiger partial charge in [0.15, 0.2) is 5.65 Å². The van der Waals surface area contributed by atoms with E-state index in [0.717, 1.165) is 21.7 Å². The number of hydrogen-bond acceptors (Lipinski definition) is 7. The molecule has 1 aromatic carbocycles. The van der Waals surface area contributed by atoms with E-state index in [9.17, 15) is 9.59 Å². The average Bonchev–Trinajstić information content (AvgIpc) is 3.56. The van der Waals surface area contributed by atoms with Crippen molar-refractivity contribution in [2.75, 3.05) is 6.61 Å². The Balaban J connectivity index is 1.46. The maximum absolute atomic E-state index is 13.4. The molecule has 0 bridgehead atoms. The van der Waals surface area contributed by atoms with E-state index in [2.05, 4.69) is 15.2 Å². The SMILES string of the molecule is Cc1ccc([C@@H]2CC(c3cccs3)=NN2C(=O)Cn2cnc3c(cnn3CCO)c2=O)cc1. The molecule has 10 heteroatoms. The van der Waals surface area contributed by atoms with Crippen molar-refractivity contribution in [3.8, 4) is 0 Å². The van der Waals surface area contributed by atoms with Gasteiger partial charge >= 0.3 is 0 Å². The molecule has 33 heavy (non-hydrogen) atoms. The van der Waals surface area contributed by atoms with Gasteiger partial charge in [0.05, 0.1) is 36.0 Å².